The van der Waals surface area contributed by atoms with Crippen molar-refractivity contribution in [2.45, 2.75) is 33.2 Å². The van der Waals surface area contributed by atoms with E-state index in [1.807, 2.05) is 5.38 Å². The standard InChI is InChI=1S/C14H18BrN3OS/c1-8(2)12-11(15)13(17-16-12)14(19)18(4)7-10-9(3)5-6-20-10/h5-6,8H,7H2,1-4H3,(H,16,17). The highest BCUT2D eigenvalue weighted by Gasteiger charge is 2.22. The van der Waals surface area contributed by atoms with E-state index in [0.717, 1.165) is 10.2 Å². The maximum absolute atomic E-state index is 12.5. The Kier molecular flexibility index (Phi) is 4.65. The third kappa shape index (κ3) is 2.96. The van der Waals surface area contributed by atoms with Crippen LogP contribution in [0.25, 0.3) is 0 Å². The number of carbonyl (C=O) groups excluding carboxylic acids is 1. The number of hydrogen-bond acceptors (Lipinski definition) is 3. The number of nitrogens with zero attached hydrogens (tertiary/aromatic N) is 2. The van der Waals surface area contributed by atoms with Gasteiger partial charge in [-0.25, -0.2) is 0 Å². The van der Waals surface area contributed by atoms with E-state index in [-0.39, 0.29) is 5.91 Å². The SMILES string of the molecule is Cc1ccsc1CN(C)C(=O)c1n[nH]c(C(C)C)c1Br. The molecular formula is C14H18BrN3OS. The fourth-order valence-electron chi connectivity index (χ4n) is 1.90. The van der Waals surface area contributed by atoms with Crippen molar-refractivity contribution >= 4 is 33.2 Å². The molecule has 2 rings (SSSR count). The summed E-state index contributed by atoms with van der Waals surface area (Å²) in [6.45, 7) is 6.79. The molecule has 2 aromatic heterocycles. The second-order valence-electron chi connectivity index (χ2n) is 5.14. The molecule has 0 spiro atoms. The highest BCUT2D eigenvalue weighted by atomic mass is 79.9. The van der Waals surface area contributed by atoms with Crippen LogP contribution in [0.2, 0.25) is 0 Å². The number of carbonyl (C=O) groups is 1. The van der Waals surface area contributed by atoms with Gasteiger partial charge in [-0.2, -0.15) is 5.10 Å². The summed E-state index contributed by atoms with van der Waals surface area (Å²) in [6, 6.07) is 2.07. The van der Waals surface area contributed by atoms with Gasteiger partial charge in [0.05, 0.1) is 16.7 Å². The van der Waals surface area contributed by atoms with E-state index >= 15 is 0 Å². The van der Waals surface area contributed by atoms with Crippen LogP contribution < -0.4 is 0 Å². The van der Waals surface area contributed by atoms with Crippen LogP contribution in [0, 0.1) is 6.92 Å². The summed E-state index contributed by atoms with van der Waals surface area (Å²) in [5.74, 6) is 0.219. The maximum Gasteiger partial charge on any atom is 0.275 e. The van der Waals surface area contributed by atoms with Gasteiger partial charge in [-0.15, -0.1) is 11.3 Å². The summed E-state index contributed by atoms with van der Waals surface area (Å²) in [4.78, 5) is 15.4. The molecule has 0 aromatic carbocycles. The Morgan fingerprint density at radius 2 is 2.25 bits per heavy atom. The quantitative estimate of drug-likeness (QED) is 0.902. The van der Waals surface area contributed by atoms with Crippen LogP contribution in [0.4, 0.5) is 0 Å². The van der Waals surface area contributed by atoms with Crippen LogP contribution in [0.3, 0.4) is 0 Å². The number of hydrogen-bond donors (Lipinski definition) is 1. The third-order valence-corrected chi connectivity index (χ3v) is 5.02. The van der Waals surface area contributed by atoms with Gasteiger partial charge in [0.1, 0.15) is 0 Å². The lowest BCUT2D eigenvalue weighted by Gasteiger charge is -2.15. The molecule has 6 heteroatoms. The zero-order chi connectivity index (χ0) is 14.9. The summed E-state index contributed by atoms with van der Waals surface area (Å²) in [5, 5.41) is 9.13. The first-order chi connectivity index (χ1) is 9.41. The average Bonchev–Trinajstić information content (AvgIpc) is 2.95. The summed E-state index contributed by atoms with van der Waals surface area (Å²) in [6.07, 6.45) is 0. The molecule has 4 nitrogen and oxygen atoms in total. The second-order valence-corrected chi connectivity index (χ2v) is 6.94. The normalized spacial score (nSPS) is 11.1. The van der Waals surface area contributed by atoms with Crippen molar-refractivity contribution in [1.82, 2.24) is 15.1 Å². The lowest BCUT2D eigenvalue weighted by atomic mass is 10.1. The number of thiophene rings is 1. The van der Waals surface area contributed by atoms with Crippen LogP contribution in [0.15, 0.2) is 15.9 Å². The zero-order valence-electron chi connectivity index (χ0n) is 12.0. The molecule has 0 aliphatic heterocycles. The number of amides is 1. The van der Waals surface area contributed by atoms with E-state index in [0.29, 0.717) is 18.2 Å². The maximum atomic E-state index is 12.5. The largest absolute Gasteiger partial charge is 0.335 e. The minimum Gasteiger partial charge on any atom is -0.335 e. The number of aromatic amines is 1. The number of halogens is 1. The van der Waals surface area contributed by atoms with Crippen molar-refractivity contribution in [3.8, 4) is 0 Å². The van der Waals surface area contributed by atoms with Crippen molar-refractivity contribution in [3.05, 3.63) is 37.7 Å². The Labute approximate surface area is 131 Å². The molecule has 2 heterocycles. The highest BCUT2D eigenvalue weighted by molar-refractivity contribution is 9.10. The Hall–Kier alpha value is -1.14. The van der Waals surface area contributed by atoms with Gasteiger partial charge < -0.3 is 4.90 Å². The van der Waals surface area contributed by atoms with Gasteiger partial charge in [0.15, 0.2) is 5.69 Å². The first-order valence-electron chi connectivity index (χ1n) is 6.44. The van der Waals surface area contributed by atoms with Gasteiger partial charge in [0.25, 0.3) is 5.91 Å². The van der Waals surface area contributed by atoms with Crippen LogP contribution >= 0.6 is 27.3 Å². The fraction of sp³-hybridized carbons (Fsp3) is 0.429. The van der Waals surface area contributed by atoms with Crippen LogP contribution in [-0.2, 0) is 6.54 Å². The lowest BCUT2D eigenvalue weighted by Crippen LogP contribution is -2.26. The zero-order valence-corrected chi connectivity index (χ0v) is 14.4. The molecule has 2 aromatic rings. The number of nitrogens with one attached hydrogen (secondary N) is 1. The second kappa shape index (κ2) is 6.10. The molecule has 0 aliphatic carbocycles. The third-order valence-electron chi connectivity index (χ3n) is 3.21. The summed E-state index contributed by atoms with van der Waals surface area (Å²) in [5.41, 5.74) is 2.62. The summed E-state index contributed by atoms with van der Waals surface area (Å²) < 4.78 is 0.771. The lowest BCUT2D eigenvalue weighted by molar-refractivity contribution is 0.0779. The van der Waals surface area contributed by atoms with E-state index in [2.05, 4.69) is 53.0 Å². The highest BCUT2D eigenvalue weighted by Crippen LogP contribution is 2.27. The topological polar surface area (TPSA) is 49.0 Å². The Balaban J connectivity index is 2.17. The molecule has 1 amide bonds. The first-order valence-corrected chi connectivity index (χ1v) is 8.11. The Morgan fingerprint density at radius 3 is 2.75 bits per heavy atom. The van der Waals surface area contributed by atoms with Crippen molar-refractivity contribution < 1.29 is 4.79 Å². The summed E-state index contributed by atoms with van der Waals surface area (Å²) >= 11 is 5.15. The molecule has 0 atom stereocenters. The van der Waals surface area contributed by atoms with Crippen molar-refractivity contribution in [2.75, 3.05) is 7.05 Å². The molecule has 0 aliphatic rings. The Bertz CT molecular complexity index is 618. The van der Waals surface area contributed by atoms with Gasteiger partial charge in [0.2, 0.25) is 0 Å². The van der Waals surface area contributed by atoms with E-state index in [1.54, 1.807) is 23.3 Å². The van der Waals surface area contributed by atoms with E-state index in [1.165, 1.54) is 10.4 Å². The summed E-state index contributed by atoms with van der Waals surface area (Å²) in [7, 11) is 1.80. The molecule has 0 fully saturated rings. The van der Waals surface area contributed by atoms with Gasteiger partial charge >= 0.3 is 0 Å². The average molecular weight is 356 g/mol. The molecule has 1 N–H and O–H groups in total. The van der Waals surface area contributed by atoms with Crippen molar-refractivity contribution in [3.63, 3.8) is 0 Å². The minimum atomic E-state index is -0.0761. The van der Waals surface area contributed by atoms with Crippen molar-refractivity contribution in [2.24, 2.45) is 0 Å². The predicted octanol–water partition coefficient (Wildman–Crippen LogP) is 3.94. The van der Waals surface area contributed by atoms with Crippen LogP contribution in [0.5, 0.6) is 0 Å². The predicted molar refractivity (Wildman–Crippen MR) is 85.2 cm³/mol. The number of rotatable bonds is 4. The van der Waals surface area contributed by atoms with Gasteiger partial charge in [-0.05, 0) is 45.8 Å². The smallest absolute Gasteiger partial charge is 0.275 e. The monoisotopic (exact) mass is 355 g/mol. The minimum absolute atomic E-state index is 0.0761. The van der Waals surface area contributed by atoms with Gasteiger partial charge in [-0.3, -0.25) is 9.89 Å². The van der Waals surface area contributed by atoms with Crippen molar-refractivity contribution in [1.29, 1.82) is 0 Å². The van der Waals surface area contributed by atoms with Gasteiger partial charge in [0, 0.05) is 11.9 Å². The molecule has 108 valence electrons. The number of aromatic nitrogens is 2. The molecule has 0 bridgehead atoms. The van der Waals surface area contributed by atoms with E-state index < -0.39 is 0 Å². The Morgan fingerprint density at radius 1 is 1.55 bits per heavy atom. The molecule has 20 heavy (non-hydrogen) atoms. The van der Waals surface area contributed by atoms with E-state index in [9.17, 15) is 4.79 Å². The molecule has 0 saturated heterocycles. The van der Waals surface area contributed by atoms with Gasteiger partial charge in [-0.1, -0.05) is 13.8 Å². The number of aryl methyl sites for hydroxylation is 1. The fourth-order valence-corrected chi connectivity index (χ4v) is 3.66. The van der Waals surface area contributed by atoms with Crippen LogP contribution in [0.1, 0.15) is 46.4 Å². The van der Waals surface area contributed by atoms with E-state index in [4.69, 9.17) is 0 Å². The molecule has 0 unspecified atom stereocenters. The molecule has 0 radical (unpaired) electrons. The molecular weight excluding hydrogens is 338 g/mol. The molecule has 0 saturated carbocycles. The number of H-pyrrole nitrogens is 1. The first kappa shape index (κ1) is 15.3. The van der Waals surface area contributed by atoms with Crippen LogP contribution in [-0.4, -0.2) is 28.1 Å².